The Morgan fingerprint density at radius 3 is 2.57 bits per heavy atom. The van der Waals surface area contributed by atoms with Crippen LogP contribution < -0.4 is 21.3 Å². The highest BCUT2D eigenvalue weighted by atomic mass is 16.2. The number of piperidine rings is 1. The Morgan fingerprint density at radius 1 is 1.26 bits per heavy atom. The van der Waals surface area contributed by atoms with Gasteiger partial charge in [-0.3, -0.25) is 10.1 Å². The van der Waals surface area contributed by atoms with Gasteiger partial charge in [0, 0.05) is 25.3 Å². The number of aromatic nitrogens is 2. The molecule has 3 heterocycles. The fraction of sp³-hybridized carbons (Fsp3) is 0.467. The Labute approximate surface area is 135 Å². The van der Waals surface area contributed by atoms with Gasteiger partial charge in [-0.05, 0) is 25.0 Å². The predicted molar refractivity (Wildman–Crippen MR) is 87.5 cm³/mol. The molecule has 3 amide bonds. The van der Waals surface area contributed by atoms with Gasteiger partial charge < -0.3 is 16.0 Å². The normalized spacial score (nSPS) is 20.0. The molecule has 2 aliphatic rings. The summed E-state index contributed by atoms with van der Waals surface area (Å²) in [4.78, 5) is 33.3. The van der Waals surface area contributed by atoms with E-state index in [0.29, 0.717) is 11.6 Å². The van der Waals surface area contributed by atoms with Crippen molar-refractivity contribution in [3.63, 3.8) is 0 Å². The van der Waals surface area contributed by atoms with E-state index >= 15 is 0 Å². The number of nitrogens with one attached hydrogen (secondary N) is 2. The van der Waals surface area contributed by atoms with Crippen LogP contribution >= 0.6 is 0 Å². The van der Waals surface area contributed by atoms with Crippen LogP contribution in [0.5, 0.6) is 0 Å². The zero-order valence-corrected chi connectivity index (χ0v) is 13.4. The second-order valence-corrected chi connectivity index (χ2v) is 5.07. The summed E-state index contributed by atoms with van der Waals surface area (Å²) in [6.45, 7) is 5.64. The SMILES string of the molecule is CC.NC1CCN(c2nccc(/C=C3\NC(=O)NC3=O)n2)CC1. The number of anilines is 1. The number of hydrogen-bond acceptors (Lipinski definition) is 6. The third-order valence-corrected chi connectivity index (χ3v) is 3.50. The molecule has 8 heteroatoms. The van der Waals surface area contributed by atoms with E-state index in [4.69, 9.17) is 5.73 Å². The number of urea groups is 1. The van der Waals surface area contributed by atoms with Crippen molar-refractivity contribution < 1.29 is 9.59 Å². The summed E-state index contributed by atoms with van der Waals surface area (Å²) in [6, 6.07) is 1.40. The molecule has 1 aromatic heterocycles. The maximum absolute atomic E-state index is 11.5. The maximum Gasteiger partial charge on any atom is 0.326 e. The molecule has 23 heavy (non-hydrogen) atoms. The number of imide groups is 1. The van der Waals surface area contributed by atoms with Crippen LogP contribution in [-0.2, 0) is 4.79 Å². The highest BCUT2D eigenvalue weighted by Gasteiger charge is 2.23. The average Bonchev–Trinajstić information content (AvgIpc) is 2.88. The Kier molecular flexibility index (Phi) is 5.64. The van der Waals surface area contributed by atoms with E-state index in [2.05, 4.69) is 25.5 Å². The molecule has 8 nitrogen and oxygen atoms in total. The Balaban J connectivity index is 0.000000924. The van der Waals surface area contributed by atoms with E-state index < -0.39 is 11.9 Å². The minimum atomic E-state index is -0.523. The monoisotopic (exact) mass is 318 g/mol. The van der Waals surface area contributed by atoms with Gasteiger partial charge in [0.05, 0.1) is 5.69 Å². The number of nitrogens with zero attached hydrogens (tertiary/aromatic N) is 3. The lowest BCUT2D eigenvalue weighted by Gasteiger charge is -2.30. The summed E-state index contributed by atoms with van der Waals surface area (Å²) in [5.74, 6) is 0.157. The van der Waals surface area contributed by atoms with Crippen LogP contribution in [0.25, 0.3) is 6.08 Å². The largest absolute Gasteiger partial charge is 0.341 e. The minimum Gasteiger partial charge on any atom is -0.341 e. The van der Waals surface area contributed by atoms with Gasteiger partial charge in [0.15, 0.2) is 0 Å². The molecule has 2 fully saturated rings. The highest BCUT2D eigenvalue weighted by Crippen LogP contribution is 2.16. The topological polar surface area (TPSA) is 113 Å². The standard InChI is InChI=1S/C13H16N6O2.C2H6/c14-8-2-5-19(6-3-8)12-15-4-1-9(16-12)7-10-11(20)18-13(21)17-10;1-2/h1,4,7-8H,2-3,5-6,14H2,(H2,17,18,20,21);1-2H3/b10-7-;. The van der Waals surface area contributed by atoms with Gasteiger partial charge in [-0.15, -0.1) is 0 Å². The number of amides is 3. The first kappa shape index (κ1) is 16.9. The maximum atomic E-state index is 11.5. The second kappa shape index (κ2) is 7.68. The first-order valence-corrected chi connectivity index (χ1v) is 7.79. The summed E-state index contributed by atoms with van der Waals surface area (Å²) in [5.41, 5.74) is 6.64. The summed E-state index contributed by atoms with van der Waals surface area (Å²) >= 11 is 0. The first-order chi connectivity index (χ1) is 11.1. The molecule has 0 bridgehead atoms. The number of rotatable bonds is 2. The first-order valence-electron chi connectivity index (χ1n) is 7.79. The molecule has 0 aromatic carbocycles. The molecule has 2 aliphatic heterocycles. The van der Waals surface area contributed by atoms with Crippen molar-refractivity contribution in [2.24, 2.45) is 5.73 Å². The van der Waals surface area contributed by atoms with Gasteiger partial charge in [-0.25, -0.2) is 14.8 Å². The van der Waals surface area contributed by atoms with Gasteiger partial charge in [0.25, 0.3) is 5.91 Å². The fourth-order valence-electron chi connectivity index (χ4n) is 2.32. The molecule has 0 saturated carbocycles. The molecular weight excluding hydrogens is 296 g/mol. The van der Waals surface area contributed by atoms with E-state index in [-0.39, 0.29) is 11.7 Å². The highest BCUT2D eigenvalue weighted by molar-refractivity contribution is 6.13. The van der Waals surface area contributed by atoms with Crippen molar-refractivity contribution in [3.05, 3.63) is 23.7 Å². The molecular formula is C15H22N6O2. The van der Waals surface area contributed by atoms with Crippen LogP contribution in [0, 0.1) is 0 Å². The van der Waals surface area contributed by atoms with Crippen molar-refractivity contribution in [3.8, 4) is 0 Å². The van der Waals surface area contributed by atoms with Crippen molar-refractivity contribution in [2.75, 3.05) is 18.0 Å². The quantitative estimate of drug-likeness (QED) is 0.544. The van der Waals surface area contributed by atoms with E-state index in [0.717, 1.165) is 25.9 Å². The molecule has 0 spiro atoms. The second-order valence-electron chi connectivity index (χ2n) is 5.07. The van der Waals surface area contributed by atoms with Crippen LogP contribution in [0.4, 0.5) is 10.7 Å². The number of nitrogens with two attached hydrogens (primary N) is 1. The molecule has 4 N–H and O–H groups in total. The number of carbonyl (C=O) groups is 2. The Morgan fingerprint density at radius 2 is 1.96 bits per heavy atom. The van der Waals surface area contributed by atoms with Crippen LogP contribution in [0.3, 0.4) is 0 Å². The molecule has 0 radical (unpaired) electrons. The van der Waals surface area contributed by atoms with E-state index in [1.165, 1.54) is 6.08 Å². The third kappa shape index (κ3) is 4.26. The van der Waals surface area contributed by atoms with Crippen molar-refractivity contribution in [1.29, 1.82) is 0 Å². The molecule has 1 aromatic rings. The average molecular weight is 318 g/mol. The number of hydrogen-bond donors (Lipinski definition) is 3. The van der Waals surface area contributed by atoms with Crippen LogP contribution in [0.2, 0.25) is 0 Å². The van der Waals surface area contributed by atoms with Gasteiger partial charge in [0.1, 0.15) is 5.70 Å². The van der Waals surface area contributed by atoms with Crippen LogP contribution in [0.1, 0.15) is 32.4 Å². The van der Waals surface area contributed by atoms with Crippen molar-refractivity contribution in [1.82, 2.24) is 20.6 Å². The Hall–Kier alpha value is -2.48. The van der Waals surface area contributed by atoms with Crippen molar-refractivity contribution >= 4 is 24.0 Å². The molecule has 0 atom stereocenters. The summed E-state index contributed by atoms with van der Waals surface area (Å²) in [6.07, 6.45) is 4.99. The number of carbonyl (C=O) groups excluding carboxylic acids is 2. The van der Waals surface area contributed by atoms with Gasteiger partial charge in [-0.1, -0.05) is 13.8 Å². The summed E-state index contributed by atoms with van der Waals surface area (Å²) < 4.78 is 0. The van der Waals surface area contributed by atoms with E-state index in [9.17, 15) is 9.59 Å². The lowest BCUT2D eigenvalue weighted by atomic mass is 10.1. The van der Waals surface area contributed by atoms with Gasteiger partial charge in [-0.2, -0.15) is 0 Å². The third-order valence-electron chi connectivity index (χ3n) is 3.50. The van der Waals surface area contributed by atoms with Crippen LogP contribution in [0.15, 0.2) is 18.0 Å². The Bertz CT molecular complexity index is 608. The molecule has 2 saturated heterocycles. The lowest BCUT2D eigenvalue weighted by Crippen LogP contribution is -2.40. The fourth-order valence-corrected chi connectivity index (χ4v) is 2.32. The summed E-state index contributed by atoms with van der Waals surface area (Å²) in [7, 11) is 0. The molecule has 124 valence electrons. The molecule has 0 aliphatic carbocycles. The molecule has 3 rings (SSSR count). The zero-order chi connectivity index (χ0) is 16.8. The molecule has 0 unspecified atom stereocenters. The predicted octanol–water partition coefficient (Wildman–Crippen LogP) is 0.611. The van der Waals surface area contributed by atoms with Crippen molar-refractivity contribution in [2.45, 2.75) is 32.7 Å². The zero-order valence-electron chi connectivity index (χ0n) is 13.4. The van der Waals surface area contributed by atoms with Crippen LogP contribution in [-0.4, -0.2) is 41.0 Å². The smallest absolute Gasteiger partial charge is 0.326 e. The minimum absolute atomic E-state index is 0.185. The lowest BCUT2D eigenvalue weighted by molar-refractivity contribution is -0.115. The van der Waals surface area contributed by atoms with Gasteiger partial charge >= 0.3 is 6.03 Å². The van der Waals surface area contributed by atoms with E-state index in [1.54, 1.807) is 12.3 Å². The van der Waals surface area contributed by atoms with E-state index in [1.807, 2.05) is 13.8 Å². The summed E-state index contributed by atoms with van der Waals surface area (Å²) in [5, 5.41) is 4.57. The van der Waals surface area contributed by atoms with Gasteiger partial charge in [0.2, 0.25) is 5.95 Å².